The molecule has 2 aromatic heterocycles. The first-order valence-corrected chi connectivity index (χ1v) is 12.5. The molecule has 0 unspecified atom stereocenters. The van der Waals surface area contributed by atoms with E-state index in [2.05, 4.69) is 0 Å². The summed E-state index contributed by atoms with van der Waals surface area (Å²) in [6.45, 7) is 0. The highest BCUT2D eigenvalue weighted by molar-refractivity contribution is 6.33. The summed E-state index contributed by atoms with van der Waals surface area (Å²) in [5.41, 5.74) is 1.92. The molecule has 0 N–H and O–H groups in total. The molecule has 2 aromatic carbocycles. The Balaban J connectivity index is 1.35. The average molecular weight is 565 g/mol. The van der Waals surface area contributed by atoms with Gasteiger partial charge in [0.1, 0.15) is 23.0 Å². The van der Waals surface area contributed by atoms with E-state index in [9.17, 15) is 25.0 Å². The van der Waals surface area contributed by atoms with Gasteiger partial charge in [-0.2, -0.15) is 0 Å². The van der Waals surface area contributed by atoms with Crippen molar-refractivity contribution in [2.24, 2.45) is 0 Å². The minimum absolute atomic E-state index is 0.121. The van der Waals surface area contributed by atoms with Gasteiger partial charge in [0, 0.05) is 46.5 Å². The number of non-ortho nitro benzene ring substituents is 2. The second-order valence-electron chi connectivity index (χ2n) is 8.77. The van der Waals surface area contributed by atoms with Crippen molar-refractivity contribution in [3.05, 3.63) is 114 Å². The normalized spacial score (nSPS) is 15.7. The van der Waals surface area contributed by atoms with Gasteiger partial charge in [-0.25, -0.2) is 0 Å². The van der Waals surface area contributed by atoms with Crippen LogP contribution in [-0.2, 0) is 4.79 Å². The standard InChI is InChI=1S/C28H18Cl2N2O7/c29-24-14-18(31(34)35)4-8-22(24)26-10-6-20(38-26)12-16-2-1-3-17(28(16)33)13-21-7-11-27(39-21)23-9-5-19(32(36)37)15-25(23)30/h4-15H,1-3H2. The Morgan fingerprint density at radius 2 is 1.13 bits per heavy atom. The Bertz CT molecular complexity index is 1580. The van der Waals surface area contributed by atoms with E-state index in [0.717, 1.165) is 6.42 Å². The molecule has 0 spiro atoms. The maximum absolute atomic E-state index is 13.2. The van der Waals surface area contributed by atoms with Crippen LogP contribution in [0.15, 0.2) is 80.6 Å². The number of nitrogens with zero attached hydrogens (tertiary/aromatic N) is 2. The first-order valence-electron chi connectivity index (χ1n) is 11.7. The van der Waals surface area contributed by atoms with Gasteiger partial charge in [0.05, 0.1) is 19.9 Å². The third-order valence-electron chi connectivity index (χ3n) is 6.22. The zero-order valence-electron chi connectivity index (χ0n) is 20.1. The third-order valence-corrected chi connectivity index (χ3v) is 6.85. The molecule has 1 fully saturated rings. The molecule has 2 heterocycles. The van der Waals surface area contributed by atoms with Gasteiger partial charge < -0.3 is 8.83 Å². The predicted octanol–water partition coefficient (Wildman–Crippen LogP) is 8.55. The van der Waals surface area contributed by atoms with E-state index in [1.165, 1.54) is 36.4 Å². The Morgan fingerprint density at radius 1 is 0.692 bits per heavy atom. The lowest BCUT2D eigenvalue weighted by Gasteiger charge is -2.15. The fourth-order valence-corrected chi connectivity index (χ4v) is 4.84. The zero-order valence-corrected chi connectivity index (χ0v) is 21.6. The number of rotatable bonds is 6. The van der Waals surface area contributed by atoms with Gasteiger partial charge in [0.2, 0.25) is 0 Å². The van der Waals surface area contributed by atoms with Crippen LogP contribution < -0.4 is 0 Å². The topological polar surface area (TPSA) is 130 Å². The van der Waals surface area contributed by atoms with Crippen molar-refractivity contribution in [1.82, 2.24) is 0 Å². The van der Waals surface area contributed by atoms with Crippen LogP contribution in [0.4, 0.5) is 11.4 Å². The maximum atomic E-state index is 13.2. The number of nitro benzene ring substituents is 2. The highest BCUT2D eigenvalue weighted by Gasteiger charge is 2.22. The molecule has 196 valence electrons. The highest BCUT2D eigenvalue weighted by Crippen LogP contribution is 2.35. The van der Waals surface area contributed by atoms with Crippen molar-refractivity contribution >= 4 is 52.5 Å². The summed E-state index contributed by atoms with van der Waals surface area (Å²) in [6, 6.07) is 15.0. The van der Waals surface area contributed by atoms with Gasteiger partial charge in [-0.05, 0) is 67.8 Å². The third kappa shape index (κ3) is 5.55. The van der Waals surface area contributed by atoms with Crippen LogP contribution in [-0.4, -0.2) is 15.6 Å². The second-order valence-corrected chi connectivity index (χ2v) is 9.58. The summed E-state index contributed by atoms with van der Waals surface area (Å²) in [4.78, 5) is 34.1. The van der Waals surface area contributed by atoms with Crippen LogP contribution in [0.1, 0.15) is 30.8 Å². The summed E-state index contributed by atoms with van der Waals surface area (Å²) in [7, 11) is 0. The van der Waals surface area contributed by atoms with Crippen LogP contribution >= 0.6 is 23.2 Å². The molecule has 11 heteroatoms. The number of carbonyl (C=O) groups is 1. The molecule has 0 radical (unpaired) electrons. The number of ketones is 1. The molecule has 1 aliphatic carbocycles. The van der Waals surface area contributed by atoms with Crippen LogP contribution in [0, 0.1) is 20.2 Å². The van der Waals surface area contributed by atoms with Crippen molar-refractivity contribution in [3.8, 4) is 22.6 Å². The number of benzene rings is 2. The van der Waals surface area contributed by atoms with E-state index in [0.29, 0.717) is 58.2 Å². The number of hydrogen-bond donors (Lipinski definition) is 0. The van der Waals surface area contributed by atoms with Crippen molar-refractivity contribution in [2.45, 2.75) is 19.3 Å². The smallest absolute Gasteiger partial charge is 0.270 e. The highest BCUT2D eigenvalue weighted by atomic mass is 35.5. The zero-order chi connectivity index (χ0) is 27.7. The van der Waals surface area contributed by atoms with Gasteiger partial charge in [-0.1, -0.05) is 23.2 Å². The van der Waals surface area contributed by atoms with Crippen molar-refractivity contribution < 1.29 is 23.5 Å². The van der Waals surface area contributed by atoms with Gasteiger partial charge in [0.25, 0.3) is 11.4 Å². The molecule has 0 aliphatic heterocycles. The van der Waals surface area contributed by atoms with Gasteiger partial charge in [-0.3, -0.25) is 25.0 Å². The van der Waals surface area contributed by atoms with Crippen LogP contribution in [0.3, 0.4) is 0 Å². The van der Waals surface area contributed by atoms with E-state index in [-0.39, 0.29) is 27.2 Å². The molecule has 1 aliphatic rings. The lowest BCUT2D eigenvalue weighted by Crippen LogP contribution is -2.12. The summed E-state index contributed by atoms with van der Waals surface area (Å²) >= 11 is 12.4. The SMILES string of the molecule is O=C1C(=Cc2ccc(-c3ccc([N+](=O)[O-])cc3Cl)o2)CCCC1=Cc1ccc(-c2ccc([N+](=O)[O-])cc2Cl)o1. The van der Waals surface area contributed by atoms with Crippen molar-refractivity contribution in [2.75, 3.05) is 0 Å². The average Bonchev–Trinajstić information content (AvgIpc) is 3.56. The number of Topliss-reactive ketones (excluding diaryl/α,β-unsaturated/α-hetero) is 1. The Morgan fingerprint density at radius 3 is 1.51 bits per heavy atom. The number of hydrogen-bond acceptors (Lipinski definition) is 7. The number of allylic oxidation sites excluding steroid dienone is 2. The largest absolute Gasteiger partial charge is 0.457 e. The molecule has 0 amide bonds. The summed E-state index contributed by atoms with van der Waals surface area (Å²) in [5, 5.41) is 22.3. The molecule has 0 saturated heterocycles. The lowest BCUT2D eigenvalue weighted by atomic mass is 9.88. The summed E-state index contributed by atoms with van der Waals surface area (Å²) in [5.74, 6) is 1.63. The molecule has 5 rings (SSSR count). The Kier molecular flexibility index (Phi) is 7.19. The molecule has 0 bridgehead atoms. The molecule has 1 saturated carbocycles. The van der Waals surface area contributed by atoms with E-state index in [4.69, 9.17) is 32.0 Å². The van der Waals surface area contributed by atoms with Crippen LogP contribution in [0.5, 0.6) is 0 Å². The summed E-state index contributed by atoms with van der Waals surface area (Å²) < 4.78 is 11.7. The Labute approximate surface area is 231 Å². The Hall–Kier alpha value is -4.47. The van der Waals surface area contributed by atoms with E-state index < -0.39 is 9.85 Å². The van der Waals surface area contributed by atoms with Crippen molar-refractivity contribution in [1.29, 1.82) is 0 Å². The lowest BCUT2D eigenvalue weighted by molar-refractivity contribution is -0.385. The molecular formula is C28H18Cl2N2O7. The monoisotopic (exact) mass is 564 g/mol. The number of carbonyl (C=O) groups excluding carboxylic acids is 1. The molecular weight excluding hydrogens is 547 g/mol. The second kappa shape index (κ2) is 10.7. The van der Waals surface area contributed by atoms with Gasteiger partial charge in [0.15, 0.2) is 5.78 Å². The van der Waals surface area contributed by atoms with E-state index in [1.807, 2.05) is 0 Å². The first-order chi connectivity index (χ1) is 18.7. The van der Waals surface area contributed by atoms with Crippen LogP contribution in [0.2, 0.25) is 10.0 Å². The molecule has 9 nitrogen and oxygen atoms in total. The quantitative estimate of drug-likeness (QED) is 0.130. The van der Waals surface area contributed by atoms with Gasteiger partial charge >= 0.3 is 0 Å². The number of halogens is 2. The number of nitro groups is 2. The van der Waals surface area contributed by atoms with Crippen LogP contribution in [0.25, 0.3) is 34.8 Å². The molecule has 39 heavy (non-hydrogen) atoms. The van der Waals surface area contributed by atoms with Crippen molar-refractivity contribution in [3.63, 3.8) is 0 Å². The predicted molar refractivity (Wildman–Crippen MR) is 146 cm³/mol. The molecule has 4 aromatic rings. The van der Waals surface area contributed by atoms with Gasteiger partial charge in [-0.15, -0.1) is 0 Å². The minimum Gasteiger partial charge on any atom is -0.457 e. The molecule has 0 atom stereocenters. The first kappa shape index (κ1) is 26.1. The minimum atomic E-state index is -0.526. The number of furan rings is 2. The van der Waals surface area contributed by atoms with E-state index >= 15 is 0 Å². The summed E-state index contributed by atoms with van der Waals surface area (Å²) in [6.07, 6.45) is 5.27. The fourth-order valence-electron chi connectivity index (χ4n) is 4.31. The fraction of sp³-hybridized carbons (Fsp3) is 0.107. The maximum Gasteiger partial charge on any atom is 0.270 e. The van der Waals surface area contributed by atoms with E-state index in [1.54, 1.807) is 36.4 Å².